The third-order valence-corrected chi connectivity index (χ3v) is 4.55. The van der Waals surface area contributed by atoms with Gasteiger partial charge in [0.05, 0.1) is 24.8 Å². The molecule has 3 amide bonds. The highest BCUT2D eigenvalue weighted by Crippen LogP contribution is 2.22. The molecule has 10 heteroatoms. The van der Waals surface area contributed by atoms with E-state index in [1.165, 1.54) is 0 Å². The number of benzene rings is 2. The van der Waals surface area contributed by atoms with Gasteiger partial charge in [-0.2, -0.15) is 4.98 Å². The minimum absolute atomic E-state index is 0.0441. The molecule has 1 aliphatic rings. The molecule has 1 aliphatic heterocycles. The van der Waals surface area contributed by atoms with Crippen molar-refractivity contribution >= 4 is 17.7 Å². The Bertz CT molecular complexity index is 1090. The topological polar surface area (TPSA) is 124 Å². The first-order valence-electron chi connectivity index (χ1n) is 9.35. The number of amides is 3. The van der Waals surface area contributed by atoms with Gasteiger partial charge in [-0.1, -0.05) is 17.3 Å². The van der Waals surface area contributed by atoms with Crippen molar-refractivity contribution in [2.45, 2.75) is 13.2 Å². The van der Waals surface area contributed by atoms with E-state index in [0.717, 1.165) is 4.90 Å². The number of fused-ring (bicyclic) bond motifs is 1. The van der Waals surface area contributed by atoms with Gasteiger partial charge in [-0.25, -0.2) is 0 Å². The molecule has 158 valence electrons. The number of carbonyl (C=O) groups is 3. The summed E-state index contributed by atoms with van der Waals surface area (Å²) in [6.45, 7) is -0.357. The summed E-state index contributed by atoms with van der Waals surface area (Å²) in [6.07, 6.45) is 0. The van der Waals surface area contributed by atoms with Crippen molar-refractivity contribution in [1.29, 1.82) is 0 Å². The number of rotatable bonds is 8. The standard InChI is InChI=1S/C21H18N4O6/c1-29-13-6-8-14(9-7-13)30-12-17-23-19(31-24-17)10-22-18(26)11-25-20(27)15-4-2-3-5-16(15)21(25)28/h2-9H,10-12H2,1H3,(H,22,26). The first kappa shape index (κ1) is 20.1. The highest BCUT2D eigenvalue weighted by molar-refractivity contribution is 6.22. The SMILES string of the molecule is COc1ccc(OCc2noc(CNC(=O)CN3C(=O)c4ccccc4C3=O)n2)cc1. The molecule has 0 spiro atoms. The lowest BCUT2D eigenvalue weighted by molar-refractivity contribution is -0.121. The van der Waals surface area contributed by atoms with Gasteiger partial charge in [0.1, 0.15) is 18.0 Å². The maximum absolute atomic E-state index is 12.3. The number of carbonyl (C=O) groups excluding carboxylic acids is 3. The number of hydrogen-bond donors (Lipinski definition) is 1. The van der Waals surface area contributed by atoms with Crippen molar-refractivity contribution < 1.29 is 28.4 Å². The fourth-order valence-corrected chi connectivity index (χ4v) is 3.00. The lowest BCUT2D eigenvalue weighted by Crippen LogP contribution is -2.40. The Kier molecular flexibility index (Phi) is 5.61. The third-order valence-electron chi connectivity index (χ3n) is 4.55. The minimum Gasteiger partial charge on any atom is -0.497 e. The Labute approximate surface area is 176 Å². The van der Waals surface area contributed by atoms with Gasteiger partial charge in [0.15, 0.2) is 6.61 Å². The van der Waals surface area contributed by atoms with Crippen LogP contribution in [0.15, 0.2) is 53.1 Å². The molecule has 31 heavy (non-hydrogen) atoms. The molecule has 0 aliphatic carbocycles. The van der Waals surface area contributed by atoms with Gasteiger partial charge in [0.25, 0.3) is 11.8 Å². The largest absolute Gasteiger partial charge is 0.497 e. The fraction of sp³-hybridized carbons (Fsp3) is 0.190. The zero-order valence-electron chi connectivity index (χ0n) is 16.5. The molecule has 0 atom stereocenters. The summed E-state index contributed by atoms with van der Waals surface area (Å²) in [4.78, 5) is 41.9. The molecule has 0 saturated carbocycles. The zero-order chi connectivity index (χ0) is 21.8. The molecular weight excluding hydrogens is 404 g/mol. The number of nitrogens with zero attached hydrogens (tertiary/aromatic N) is 3. The summed E-state index contributed by atoms with van der Waals surface area (Å²) < 4.78 is 15.7. The van der Waals surface area contributed by atoms with Crippen LogP contribution in [0.5, 0.6) is 11.5 Å². The lowest BCUT2D eigenvalue weighted by atomic mass is 10.1. The van der Waals surface area contributed by atoms with E-state index in [-0.39, 0.29) is 19.0 Å². The molecule has 10 nitrogen and oxygen atoms in total. The molecule has 2 aromatic carbocycles. The predicted octanol–water partition coefficient (Wildman–Crippen LogP) is 1.57. The molecule has 1 N–H and O–H groups in total. The van der Waals surface area contributed by atoms with Crippen LogP contribution in [-0.2, 0) is 17.9 Å². The number of ether oxygens (including phenoxy) is 2. The first-order chi connectivity index (χ1) is 15.0. The average Bonchev–Trinajstić information content (AvgIpc) is 3.35. The maximum Gasteiger partial charge on any atom is 0.262 e. The van der Waals surface area contributed by atoms with E-state index in [2.05, 4.69) is 15.5 Å². The van der Waals surface area contributed by atoms with Gasteiger partial charge in [-0.05, 0) is 36.4 Å². The van der Waals surface area contributed by atoms with E-state index in [4.69, 9.17) is 14.0 Å². The maximum atomic E-state index is 12.3. The molecule has 0 radical (unpaired) electrons. The van der Waals surface area contributed by atoms with Crippen molar-refractivity contribution in [3.05, 3.63) is 71.4 Å². The number of nitrogens with one attached hydrogen (secondary N) is 1. The van der Waals surface area contributed by atoms with Crippen molar-refractivity contribution in [3.8, 4) is 11.5 Å². The molecular formula is C21H18N4O6. The van der Waals surface area contributed by atoms with Crippen molar-refractivity contribution in [2.24, 2.45) is 0 Å². The molecule has 0 unspecified atom stereocenters. The Morgan fingerprint density at radius 2 is 1.68 bits per heavy atom. The van der Waals surface area contributed by atoms with E-state index in [1.54, 1.807) is 55.6 Å². The fourth-order valence-electron chi connectivity index (χ4n) is 3.00. The van der Waals surface area contributed by atoms with E-state index in [1.807, 2.05) is 0 Å². The predicted molar refractivity (Wildman–Crippen MR) is 105 cm³/mol. The number of hydrogen-bond acceptors (Lipinski definition) is 8. The molecule has 3 aromatic rings. The van der Waals surface area contributed by atoms with Gasteiger partial charge in [-0.15, -0.1) is 0 Å². The van der Waals surface area contributed by atoms with Crippen LogP contribution < -0.4 is 14.8 Å². The zero-order valence-corrected chi connectivity index (χ0v) is 16.5. The molecule has 4 rings (SSSR count). The monoisotopic (exact) mass is 422 g/mol. The Morgan fingerprint density at radius 1 is 1.03 bits per heavy atom. The van der Waals surface area contributed by atoms with Gasteiger partial charge in [-0.3, -0.25) is 19.3 Å². The van der Waals surface area contributed by atoms with Gasteiger partial charge in [0, 0.05) is 0 Å². The van der Waals surface area contributed by atoms with Crippen LogP contribution in [0.1, 0.15) is 32.4 Å². The van der Waals surface area contributed by atoms with Gasteiger partial charge < -0.3 is 19.3 Å². The van der Waals surface area contributed by atoms with E-state index >= 15 is 0 Å². The van der Waals surface area contributed by atoms with Crippen LogP contribution >= 0.6 is 0 Å². The lowest BCUT2D eigenvalue weighted by Gasteiger charge is -2.12. The number of imide groups is 1. The van der Waals surface area contributed by atoms with Crippen LogP contribution in [0.25, 0.3) is 0 Å². The molecule has 0 bridgehead atoms. The normalized spacial score (nSPS) is 12.6. The van der Waals surface area contributed by atoms with Crippen LogP contribution in [0.2, 0.25) is 0 Å². The summed E-state index contributed by atoms with van der Waals surface area (Å²) in [7, 11) is 1.58. The Balaban J connectivity index is 1.26. The highest BCUT2D eigenvalue weighted by Gasteiger charge is 2.36. The molecule has 1 aromatic heterocycles. The van der Waals surface area contributed by atoms with Gasteiger partial charge >= 0.3 is 0 Å². The van der Waals surface area contributed by atoms with E-state index in [0.29, 0.717) is 28.5 Å². The van der Waals surface area contributed by atoms with E-state index in [9.17, 15) is 14.4 Å². The van der Waals surface area contributed by atoms with Crippen LogP contribution in [-0.4, -0.2) is 46.4 Å². The van der Waals surface area contributed by atoms with Crippen LogP contribution in [0.3, 0.4) is 0 Å². The van der Waals surface area contributed by atoms with Gasteiger partial charge in [0.2, 0.25) is 17.6 Å². The molecule has 0 fully saturated rings. The quantitative estimate of drug-likeness (QED) is 0.543. The molecule has 2 heterocycles. The summed E-state index contributed by atoms with van der Waals surface area (Å²) in [5, 5.41) is 6.35. The average molecular weight is 422 g/mol. The summed E-state index contributed by atoms with van der Waals surface area (Å²) >= 11 is 0. The summed E-state index contributed by atoms with van der Waals surface area (Å²) in [5.74, 6) is 0.291. The van der Waals surface area contributed by atoms with Crippen molar-refractivity contribution in [2.75, 3.05) is 13.7 Å². The second-order valence-corrected chi connectivity index (χ2v) is 6.59. The third kappa shape index (κ3) is 4.37. The van der Waals surface area contributed by atoms with Crippen molar-refractivity contribution in [3.63, 3.8) is 0 Å². The van der Waals surface area contributed by atoms with Crippen LogP contribution in [0.4, 0.5) is 0 Å². The Morgan fingerprint density at radius 3 is 2.32 bits per heavy atom. The highest BCUT2D eigenvalue weighted by atomic mass is 16.5. The second-order valence-electron chi connectivity index (χ2n) is 6.59. The van der Waals surface area contributed by atoms with Crippen molar-refractivity contribution in [1.82, 2.24) is 20.4 Å². The number of aromatic nitrogens is 2. The Hall–Kier alpha value is -4.21. The first-order valence-corrected chi connectivity index (χ1v) is 9.35. The van der Waals surface area contributed by atoms with Crippen LogP contribution in [0, 0.1) is 0 Å². The number of methoxy groups -OCH3 is 1. The minimum atomic E-state index is -0.524. The smallest absolute Gasteiger partial charge is 0.262 e. The molecule has 0 saturated heterocycles. The van der Waals surface area contributed by atoms with E-state index < -0.39 is 24.3 Å². The summed E-state index contributed by atoms with van der Waals surface area (Å²) in [6, 6.07) is 13.5. The summed E-state index contributed by atoms with van der Waals surface area (Å²) in [5.41, 5.74) is 0.581. The second kappa shape index (κ2) is 8.66.